The lowest BCUT2D eigenvalue weighted by atomic mass is 10.2. The average Bonchev–Trinajstić information content (AvgIpc) is 2.60. The molecule has 2 rings (SSSR count). The highest BCUT2D eigenvalue weighted by molar-refractivity contribution is 6.33. The summed E-state index contributed by atoms with van der Waals surface area (Å²) in [6.07, 6.45) is 0. The maximum atomic E-state index is 12.9. The number of benzene rings is 1. The van der Waals surface area contributed by atoms with Crippen molar-refractivity contribution in [3.8, 4) is 11.4 Å². The van der Waals surface area contributed by atoms with Crippen molar-refractivity contribution >= 4 is 17.5 Å². The second-order valence-electron chi connectivity index (χ2n) is 3.28. The number of halogens is 2. The fourth-order valence-electron chi connectivity index (χ4n) is 1.45. The summed E-state index contributed by atoms with van der Waals surface area (Å²) in [6.45, 7) is 0. The molecule has 0 spiro atoms. The van der Waals surface area contributed by atoms with E-state index < -0.39 is 0 Å². The minimum atomic E-state index is -0.371. The van der Waals surface area contributed by atoms with Crippen LogP contribution in [0.15, 0.2) is 18.2 Å². The maximum absolute atomic E-state index is 12.9. The predicted octanol–water partition coefficient (Wildman–Crippen LogP) is 2.32. The van der Waals surface area contributed by atoms with E-state index in [2.05, 4.69) is 15.5 Å². The molecule has 0 saturated heterocycles. The summed E-state index contributed by atoms with van der Waals surface area (Å²) in [6, 6.07) is 4.18. The van der Waals surface area contributed by atoms with Gasteiger partial charge in [-0.1, -0.05) is 11.6 Å². The highest BCUT2D eigenvalue weighted by Gasteiger charge is 2.12. The number of hydrogen-bond donors (Lipinski definition) is 1. The van der Waals surface area contributed by atoms with Gasteiger partial charge in [0.2, 0.25) is 5.95 Å². The van der Waals surface area contributed by atoms with Crippen LogP contribution in [0.2, 0.25) is 5.02 Å². The molecule has 0 atom stereocenters. The molecule has 0 saturated carbocycles. The Bertz CT molecular complexity index is 524. The first kappa shape index (κ1) is 10.9. The molecule has 0 aliphatic carbocycles. The van der Waals surface area contributed by atoms with Crippen LogP contribution < -0.4 is 5.32 Å². The van der Waals surface area contributed by atoms with E-state index in [9.17, 15) is 4.39 Å². The Kier molecular flexibility index (Phi) is 2.78. The van der Waals surface area contributed by atoms with E-state index in [1.54, 1.807) is 24.7 Å². The lowest BCUT2D eigenvalue weighted by Gasteiger charge is -2.04. The van der Waals surface area contributed by atoms with Gasteiger partial charge in [0, 0.05) is 19.7 Å². The topological polar surface area (TPSA) is 42.7 Å². The Morgan fingerprint density at radius 2 is 2.12 bits per heavy atom. The van der Waals surface area contributed by atoms with Gasteiger partial charge in [-0.15, -0.1) is 10.2 Å². The second-order valence-corrected chi connectivity index (χ2v) is 3.69. The van der Waals surface area contributed by atoms with Gasteiger partial charge in [-0.25, -0.2) is 4.39 Å². The van der Waals surface area contributed by atoms with Crippen molar-refractivity contribution in [1.82, 2.24) is 14.8 Å². The van der Waals surface area contributed by atoms with Gasteiger partial charge in [-0.05, 0) is 18.2 Å². The summed E-state index contributed by atoms with van der Waals surface area (Å²) < 4.78 is 14.6. The lowest BCUT2D eigenvalue weighted by molar-refractivity contribution is 0.628. The molecule has 0 bridgehead atoms. The molecule has 0 unspecified atom stereocenters. The minimum Gasteiger partial charge on any atom is -0.357 e. The smallest absolute Gasteiger partial charge is 0.224 e. The molecule has 0 aliphatic heterocycles. The summed E-state index contributed by atoms with van der Waals surface area (Å²) in [5.41, 5.74) is 0.652. The molecule has 1 N–H and O–H groups in total. The Balaban J connectivity index is 2.54. The first-order chi connectivity index (χ1) is 7.63. The zero-order valence-corrected chi connectivity index (χ0v) is 9.59. The largest absolute Gasteiger partial charge is 0.357 e. The second kappa shape index (κ2) is 4.09. The predicted molar refractivity (Wildman–Crippen MR) is 61.0 cm³/mol. The Hall–Kier alpha value is -1.62. The Morgan fingerprint density at radius 1 is 1.38 bits per heavy atom. The number of anilines is 1. The van der Waals surface area contributed by atoms with Crippen molar-refractivity contribution in [1.29, 1.82) is 0 Å². The van der Waals surface area contributed by atoms with E-state index in [1.165, 1.54) is 12.1 Å². The lowest BCUT2D eigenvalue weighted by Crippen LogP contribution is -2.00. The van der Waals surface area contributed by atoms with E-state index in [-0.39, 0.29) is 5.82 Å². The van der Waals surface area contributed by atoms with Crippen LogP contribution in [-0.4, -0.2) is 21.8 Å². The standard InChI is InChI=1S/C10H10ClFN4/c1-13-10-15-14-9(16(10)2)7-4-3-6(12)5-8(7)11/h3-5H,1-2H3,(H,13,15). The summed E-state index contributed by atoms with van der Waals surface area (Å²) in [7, 11) is 3.56. The Morgan fingerprint density at radius 3 is 2.69 bits per heavy atom. The number of nitrogens with one attached hydrogen (secondary N) is 1. The summed E-state index contributed by atoms with van der Waals surface area (Å²) in [5, 5.41) is 11.1. The van der Waals surface area contributed by atoms with Gasteiger partial charge >= 0.3 is 0 Å². The molecule has 16 heavy (non-hydrogen) atoms. The molecule has 6 heteroatoms. The van der Waals surface area contributed by atoms with E-state index in [0.717, 1.165) is 0 Å². The third-order valence-corrected chi connectivity index (χ3v) is 2.58. The van der Waals surface area contributed by atoms with Crippen LogP contribution in [0, 0.1) is 5.82 Å². The van der Waals surface area contributed by atoms with Gasteiger partial charge in [0.15, 0.2) is 5.82 Å². The zero-order chi connectivity index (χ0) is 11.7. The monoisotopic (exact) mass is 240 g/mol. The maximum Gasteiger partial charge on any atom is 0.224 e. The molecule has 0 fully saturated rings. The number of aromatic nitrogens is 3. The summed E-state index contributed by atoms with van der Waals surface area (Å²) in [4.78, 5) is 0. The average molecular weight is 241 g/mol. The van der Waals surface area contributed by atoms with Crippen LogP contribution in [-0.2, 0) is 7.05 Å². The van der Waals surface area contributed by atoms with Gasteiger partial charge in [0.25, 0.3) is 0 Å². The fourth-order valence-corrected chi connectivity index (χ4v) is 1.70. The van der Waals surface area contributed by atoms with Crippen molar-refractivity contribution in [2.45, 2.75) is 0 Å². The first-order valence-electron chi connectivity index (χ1n) is 4.66. The normalized spacial score (nSPS) is 10.5. The molecule has 0 amide bonds. The highest BCUT2D eigenvalue weighted by Crippen LogP contribution is 2.27. The number of nitrogens with zero attached hydrogens (tertiary/aromatic N) is 3. The van der Waals surface area contributed by atoms with E-state index in [4.69, 9.17) is 11.6 Å². The quantitative estimate of drug-likeness (QED) is 0.876. The minimum absolute atomic E-state index is 0.318. The van der Waals surface area contributed by atoms with Crippen molar-refractivity contribution in [2.24, 2.45) is 7.05 Å². The van der Waals surface area contributed by atoms with E-state index in [1.807, 2.05) is 0 Å². The number of rotatable bonds is 2. The Labute approximate surface area is 97.1 Å². The zero-order valence-electron chi connectivity index (χ0n) is 8.83. The van der Waals surface area contributed by atoms with Gasteiger partial charge < -0.3 is 5.32 Å². The first-order valence-corrected chi connectivity index (χ1v) is 5.04. The summed E-state index contributed by atoms with van der Waals surface area (Å²) in [5.74, 6) is 0.842. The van der Waals surface area contributed by atoms with Crippen LogP contribution in [0.4, 0.5) is 10.3 Å². The van der Waals surface area contributed by atoms with Crippen LogP contribution in [0.3, 0.4) is 0 Å². The van der Waals surface area contributed by atoms with Crippen LogP contribution in [0.5, 0.6) is 0 Å². The van der Waals surface area contributed by atoms with Crippen LogP contribution in [0.1, 0.15) is 0 Å². The molecule has 0 aliphatic rings. The molecule has 1 aromatic carbocycles. The third-order valence-electron chi connectivity index (χ3n) is 2.27. The SMILES string of the molecule is CNc1nnc(-c2ccc(F)cc2Cl)n1C. The van der Waals surface area contributed by atoms with Gasteiger partial charge in [-0.2, -0.15) is 0 Å². The molecular weight excluding hydrogens is 231 g/mol. The third kappa shape index (κ3) is 1.74. The molecular formula is C10H10ClFN4. The van der Waals surface area contributed by atoms with Crippen molar-refractivity contribution in [3.63, 3.8) is 0 Å². The van der Waals surface area contributed by atoms with E-state index in [0.29, 0.717) is 22.4 Å². The fraction of sp³-hybridized carbons (Fsp3) is 0.200. The molecule has 0 radical (unpaired) electrons. The molecule has 4 nitrogen and oxygen atoms in total. The van der Waals surface area contributed by atoms with E-state index >= 15 is 0 Å². The van der Waals surface area contributed by atoms with Crippen LogP contribution >= 0.6 is 11.6 Å². The molecule has 1 heterocycles. The van der Waals surface area contributed by atoms with Crippen LogP contribution in [0.25, 0.3) is 11.4 Å². The van der Waals surface area contributed by atoms with Crippen molar-refractivity contribution in [2.75, 3.05) is 12.4 Å². The van der Waals surface area contributed by atoms with Crippen molar-refractivity contribution in [3.05, 3.63) is 29.0 Å². The highest BCUT2D eigenvalue weighted by atomic mass is 35.5. The van der Waals surface area contributed by atoms with Gasteiger partial charge in [-0.3, -0.25) is 4.57 Å². The molecule has 84 valence electrons. The van der Waals surface area contributed by atoms with Crippen molar-refractivity contribution < 1.29 is 4.39 Å². The number of hydrogen-bond acceptors (Lipinski definition) is 3. The summed E-state index contributed by atoms with van der Waals surface area (Å²) >= 11 is 5.95. The van der Waals surface area contributed by atoms with Gasteiger partial charge in [0.05, 0.1) is 5.02 Å². The van der Waals surface area contributed by atoms with Gasteiger partial charge in [0.1, 0.15) is 5.82 Å². The molecule has 1 aromatic heterocycles. The molecule has 2 aromatic rings.